The Kier molecular flexibility index (Phi) is 2.90. The van der Waals surface area contributed by atoms with Gasteiger partial charge in [-0.15, -0.1) is 0 Å². The van der Waals surface area contributed by atoms with Crippen LogP contribution in [0.25, 0.3) is 0 Å². The first kappa shape index (κ1) is 10.7. The molecule has 2 rings (SSSR count). The van der Waals surface area contributed by atoms with Crippen LogP contribution >= 0.6 is 0 Å². The van der Waals surface area contributed by atoms with E-state index in [0.29, 0.717) is 5.69 Å². The third-order valence-electron chi connectivity index (χ3n) is 2.64. The number of nitrogens with two attached hydrogens (primary N) is 1. The summed E-state index contributed by atoms with van der Waals surface area (Å²) in [4.78, 5) is 11.7. The number of rotatable bonds is 2. The average Bonchev–Trinajstić information content (AvgIpc) is 2.77. The van der Waals surface area contributed by atoms with E-state index in [-0.39, 0.29) is 17.5 Å². The molecule has 1 aromatic carbocycles. The van der Waals surface area contributed by atoms with Gasteiger partial charge in [0.1, 0.15) is 5.82 Å². The fourth-order valence-electron chi connectivity index (χ4n) is 1.70. The lowest BCUT2D eigenvalue weighted by molar-refractivity contribution is -0.119. The summed E-state index contributed by atoms with van der Waals surface area (Å²) in [5.74, 6) is -0.525. The van der Waals surface area contributed by atoms with Crippen LogP contribution in [0.5, 0.6) is 0 Å². The van der Waals surface area contributed by atoms with Crippen molar-refractivity contribution in [1.29, 1.82) is 0 Å². The minimum absolute atomic E-state index is 0.00808. The highest BCUT2D eigenvalue weighted by molar-refractivity contribution is 5.93. The molecule has 84 valence electrons. The molecular weight excluding hydrogens is 207 g/mol. The average molecular weight is 220 g/mol. The number of nitrogens with one attached hydrogen (secondary N) is 1. The zero-order chi connectivity index (χ0) is 11.5. The molecule has 3 N–H and O–H groups in total. The first-order valence-corrected chi connectivity index (χ1v) is 5.17. The fourth-order valence-corrected chi connectivity index (χ4v) is 1.70. The van der Waals surface area contributed by atoms with Crippen molar-refractivity contribution >= 4 is 17.3 Å². The maximum absolute atomic E-state index is 12.9. The van der Waals surface area contributed by atoms with Gasteiger partial charge in [-0.3, -0.25) is 4.79 Å². The van der Waals surface area contributed by atoms with Crippen LogP contribution in [-0.4, -0.2) is 5.91 Å². The van der Waals surface area contributed by atoms with Gasteiger partial charge in [0.15, 0.2) is 0 Å². The van der Waals surface area contributed by atoms with E-state index in [1.54, 1.807) is 0 Å². The quantitative estimate of drug-likeness (QED) is 0.593. The molecule has 0 atom stereocenters. The van der Waals surface area contributed by atoms with E-state index in [0.717, 1.165) is 12.8 Å². The molecule has 0 fully saturated rings. The lowest BCUT2D eigenvalue weighted by Crippen LogP contribution is -2.20. The summed E-state index contributed by atoms with van der Waals surface area (Å²) in [6, 6.07) is 4.18. The van der Waals surface area contributed by atoms with Crippen molar-refractivity contribution in [2.45, 2.75) is 12.8 Å². The number of hydrogen-bond donors (Lipinski definition) is 2. The number of hydrogen-bond acceptors (Lipinski definition) is 2. The molecule has 4 heteroatoms. The summed E-state index contributed by atoms with van der Waals surface area (Å²) in [7, 11) is 0. The second-order valence-corrected chi connectivity index (χ2v) is 3.87. The molecule has 0 saturated heterocycles. The van der Waals surface area contributed by atoms with Crippen LogP contribution in [0, 0.1) is 11.7 Å². The monoisotopic (exact) mass is 220 g/mol. The van der Waals surface area contributed by atoms with E-state index in [1.165, 1.54) is 18.2 Å². The Morgan fingerprint density at radius 2 is 2.06 bits per heavy atom. The highest BCUT2D eigenvalue weighted by atomic mass is 19.1. The third-order valence-corrected chi connectivity index (χ3v) is 2.64. The largest absolute Gasteiger partial charge is 0.396 e. The standard InChI is InChI=1S/C12H13FN2O/c13-10-6-5-9(7-11(10)14)15-12(16)8-3-1-2-4-8/h1-2,5-8H,3-4,14H2,(H,15,16). The predicted octanol–water partition coefficient (Wildman–Crippen LogP) is 2.31. The fraction of sp³-hybridized carbons (Fsp3) is 0.250. The van der Waals surface area contributed by atoms with Crippen molar-refractivity contribution in [3.05, 3.63) is 36.2 Å². The first-order valence-electron chi connectivity index (χ1n) is 5.17. The molecule has 0 spiro atoms. The molecule has 3 nitrogen and oxygen atoms in total. The smallest absolute Gasteiger partial charge is 0.228 e. The Hall–Kier alpha value is -1.84. The zero-order valence-electron chi connectivity index (χ0n) is 8.74. The summed E-state index contributed by atoms with van der Waals surface area (Å²) >= 11 is 0. The van der Waals surface area contributed by atoms with E-state index >= 15 is 0 Å². The number of benzene rings is 1. The topological polar surface area (TPSA) is 55.1 Å². The summed E-state index contributed by atoms with van der Waals surface area (Å²) in [6.07, 6.45) is 5.51. The van der Waals surface area contributed by atoms with Crippen molar-refractivity contribution < 1.29 is 9.18 Å². The van der Waals surface area contributed by atoms with Crippen LogP contribution in [0.4, 0.5) is 15.8 Å². The highest BCUT2D eigenvalue weighted by Crippen LogP contribution is 2.21. The number of halogens is 1. The molecule has 16 heavy (non-hydrogen) atoms. The Morgan fingerprint density at radius 1 is 1.38 bits per heavy atom. The highest BCUT2D eigenvalue weighted by Gasteiger charge is 2.19. The molecule has 0 unspecified atom stereocenters. The summed E-state index contributed by atoms with van der Waals surface area (Å²) in [5, 5.41) is 2.73. The predicted molar refractivity (Wildman–Crippen MR) is 61.3 cm³/mol. The van der Waals surface area contributed by atoms with Crippen LogP contribution in [0.2, 0.25) is 0 Å². The van der Waals surface area contributed by atoms with Crippen LogP contribution in [-0.2, 0) is 4.79 Å². The molecule has 0 aliphatic heterocycles. The van der Waals surface area contributed by atoms with Crippen molar-refractivity contribution in [3.63, 3.8) is 0 Å². The van der Waals surface area contributed by atoms with E-state index in [1.807, 2.05) is 12.2 Å². The molecule has 1 aromatic rings. The summed E-state index contributed by atoms with van der Waals surface area (Å²) in [5.41, 5.74) is 5.99. The van der Waals surface area contributed by atoms with Crippen molar-refractivity contribution in [3.8, 4) is 0 Å². The number of anilines is 2. The molecule has 0 bridgehead atoms. The Bertz CT molecular complexity index is 435. The van der Waals surface area contributed by atoms with Gasteiger partial charge in [0.25, 0.3) is 0 Å². The minimum Gasteiger partial charge on any atom is -0.396 e. The molecule has 1 aliphatic rings. The summed E-state index contributed by atoms with van der Waals surface area (Å²) < 4.78 is 12.9. The van der Waals surface area contributed by atoms with Gasteiger partial charge >= 0.3 is 0 Å². The second kappa shape index (κ2) is 4.35. The normalized spacial score (nSPS) is 15.3. The van der Waals surface area contributed by atoms with E-state index in [9.17, 15) is 9.18 Å². The number of carbonyl (C=O) groups excluding carboxylic acids is 1. The van der Waals surface area contributed by atoms with Crippen LogP contribution in [0.1, 0.15) is 12.8 Å². The lowest BCUT2D eigenvalue weighted by Gasteiger charge is -2.10. The van der Waals surface area contributed by atoms with Gasteiger partial charge in [-0.1, -0.05) is 12.2 Å². The Morgan fingerprint density at radius 3 is 2.69 bits per heavy atom. The van der Waals surface area contributed by atoms with E-state index in [4.69, 9.17) is 5.73 Å². The first-order chi connectivity index (χ1) is 7.66. The molecule has 0 saturated carbocycles. The van der Waals surface area contributed by atoms with Gasteiger partial charge in [-0.2, -0.15) is 0 Å². The molecule has 1 aliphatic carbocycles. The summed E-state index contributed by atoms with van der Waals surface area (Å²) in [6.45, 7) is 0. The lowest BCUT2D eigenvalue weighted by atomic mass is 10.1. The van der Waals surface area contributed by atoms with Gasteiger partial charge in [-0.05, 0) is 31.0 Å². The molecular formula is C12H13FN2O. The van der Waals surface area contributed by atoms with Gasteiger partial charge in [0.05, 0.1) is 5.69 Å². The van der Waals surface area contributed by atoms with E-state index in [2.05, 4.69) is 5.32 Å². The van der Waals surface area contributed by atoms with Gasteiger partial charge < -0.3 is 11.1 Å². The third kappa shape index (κ3) is 2.21. The van der Waals surface area contributed by atoms with E-state index < -0.39 is 5.82 Å². The maximum atomic E-state index is 12.9. The number of amides is 1. The van der Waals surface area contributed by atoms with Crippen molar-refractivity contribution in [1.82, 2.24) is 0 Å². The molecule has 0 radical (unpaired) electrons. The number of nitrogen functional groups attached to an aromatic ring is 1. The van der Waals surface area contributed by atoms with Crippen LogP contribution < -0.4 is 11.1 Å². The van der Waals surface area contributed by atoms with Crippen LogP contribution in [0.15, 0.2) is 30.4 Å². The Balaban J connectivity index is 2.03. The van der Waals surface area contributed by atoms with Crippen molar-refractivity contribution in [2.24, 2.45) is 5.92 Å². The number of carbonyl (C=O) groups is 1. The molecule has 0 aromatic heterocycles. The molecule has 1 amide bonds. The second-order valence-electron chi connectivity index (χ2n) is 3.87. The van der Waals surface area contributed by atoms with Crippen LogP contribution in [0.3, 0.4) is 0 Å². The van der Waals surface area contributed by atoms with Gasteiger partial charge in [-0.25, -0.2) is 4.39 Å². The SMILES string of the molecule is Nc1cc(NC(=O)C2CC=CC2)ccc1F. The maximum Gasteiger partial charge on any atom is 0.228 e. The Labute approximate surface area is 93.1 Å². The van der Waals surface area contributed by atoms with Crippen molar-refractivity contribution in [2.75, 3.05) is 11.1 Å². The van der Waals surface area contributed by atoms with Gasteiger partial charge in [0, 0.05) is 11.6 Å². The zero-order valence-corrected chi connectivity index (χ0v) is 8.74. The van der Waals surface area contributed by atoms with Gasteiger partial charge in [0.2, 0.25) is 5.91 Å². The number of allylic oxidation sites excluding steroid dienone is 2. The minimum atomic E-state index is -0.472. The molecule has 0 heterocycles.